The molecule has 2 aromatic rings. The van der Waals surface area contributed by atoms with Gasteiger partial charge in [-0.05, 0) is 37.8 Å². The second-order valence-corrected chi connectivity index (χ2v) is 7.60. The first-order valence-corrected chi connectivity index (χ1v) is 9.54. The van der Waals surface area contributed by atoms with E-state index >= 15 is 0 Å². The van der Waals surface area contributed by atoms with Crippen molar-refractivity contribution in [1.29, 1.82) is 5.26 Å². The van der Waals surface area contributed by atoms with Gasteiger partial charge in [-0.1, -0.05) is 31.4 Å². The fourth-order valence-electron chi connectivity index (χ4n) is 4.60. The van der Waals surface area contributed by atoms with Crippen molar-refractivity contribution in [1.82, 2.24) is 14.5 Å². The molecule has 1 saturated heterocycles. The molecule has 1 amide bonds. The number of para-hydroxylation sites is 2. The molecule has 1 aliphatic carbocycles. The summed E-state index contributed by atoms with van der Waals surface area (Å²) in [5.41, 5.74) is 0.865. The van der Waals surface area contributed by atoms with Crippen LogP contribution in [0.4, 0.5) is 0 Å². The molecule has 1 aliphatic heterocycles. The Balaban J connectivity index is 1.50. The average Bonchev–Trinajstić information content (AvgIpc) is 3.03. The van der Waals surface area contributed by atoms with Gasteiger partial charge in [-0.25, -0.2) is 4.79 Å². The molecule has 2 fully saturated rings. The van der Waals surface area contributed by atoms with Crippen molar-refractivity contribution in [2.24, 2.45) is 5.41 Å². The van der Waals surface area contributed by atoms with Crippen LogP contribution < -0.4 is 5.69 Å². The Morgan fingerprint density at radius 2 is 1.85 bits per heavy atom. The van der Waals surface area contributed by atoms with Crippen LogP contribution in [0.5, 0.6) is 0 Å². The lowest BCUT2D eigenvalue weighted by Gasteiger charge is -2.38. The molecule has 1 aromatic carbocycles. The van der Waals surface area contributed by atoms with Crippen LogP contribution in [0.25, 0.3) is 11.0 Å². The summed E-state index contributed by atoms with van der Waals surface area (Å²) >= 11 is 0. The van der Waals surface area contributed by atoms with Crippen molar-refractivity contribution in [3.8, 4) is 6.07 Å². The second-order valence-electron chi connectivity index (χ2n) is 7.60. The number of imidazole rings is 1. The Bertz CT molecular complexity index is 906. The molecule has 2 aliphatic rings. The third-order valence-electron chi connectivity index (χ3n) is 6.07. The number of rotatable bonds is 2. The standard InChI is InChI=1S/C20H24N4O2/c21-14-20(10-4-1-5-11-20)18(25)23-12-8-15(9-13-23)24-17-7-3-2-6-16(17)22-19(24)26/h2-3,6-7,15H,1,4-5,8-13H2,(H,22,26). The Kier molecular flexibility index (Phi) is 4.31. The molecular formula is C20H24N4O2. The summed E-state index contributed by atoms with van der Waals surface area (Å²) in [6.07, 6.45) is 5.89. The number of amides is 1. The van der Waals surface area contributed by atoms with E-state index in [1.165, 1.54) is 0 Å². The second kappa shape index (κ2) is 6.64. The third-order valence-corrected chi connectivity index (χ3v) is 6.07. The molecule has 0 spiro atoms. The number of piperidine rings is 1. The number of hydrogen-bond donors (Lipinski definition) is 1. The summed E-state index contributed by atoms with van der Waals surface area (Å²) in [7, 11) is 0. The Morgan fingerprint density at radius 3 is 2.54 bits per heavy atom. The lowest BCUT2D eigenvalue weighted by atomic mass is 9.74. The summed E-state index contributed by atoms with van der Waals surface area (Å²) in [6.45, 7) is 1.22. The summed E-state index contributed by atoms with van der Waals surface area (Å²) in [6, 6.07) is 10.1. The highest BCUT2D eigenvalue weighted by molar-refractivity contribution is 5.85. The zero-order chi connectivity index (χ0) is 18.1. The summed E-state index contributed by atoms with van der Waals surface area (Å²) in [5, 5.41) is 9.65. The lowest BCUT2D eigenvalue weighted by molar-refractivity contribution is -0.142. The van der Waals surface area contributed by atoms with Gasteiger partial charge in [0.2, 0.25) is 5.91 Å². The van der Waals surface area contributed by atoms with E-state index in [1.807, 2.05) is 33.7 Å². The van der Waals surface area contributed by atoms with Crippen LogP contribution in [-0.2, 0) is 4.79 Å². The number of nitriles is 1. The van der Waals surface area contributed by atoms with E-state index in [0.717, 1.165) is 43.1 Å². The van der Waals surface area contributed by atoms with E-state index in [0.29, 0.717) is 25.9 Å². The summed E-state index contributed by atoms with van der Waals surface area (Å²) < 4.78 is 1.83. The van der Waals surface area contributed by atoms with Crippen LogP contribution in [-0.4, -0.2) is 33.4 Å². The van der Waals surface area contributed by atoms with Gasteiger partial charge >= 0.3 is 5.69 Å². The molecule has 6 nitrogen and oxygen atoms in total. The molecule has 1 saturated carbocycles. The number of hydrogen-bond acceptors (Lipinski definition) is 3. The molecule has 4 rings (SSSR count). The van der Waals surface area contributed by atoms with Crippen molar-refractivity contribution >= 4 is 16.9 Å². The van der Waals surface area contributed by atoms with Gasteiger partial charge in [-0.3, -0.25) is 9.36 Å². The van der Waals surface area contributed by atoms with Crippen LogP contribution in [0, 0.1) is 16.7 Å². The predicted molar refractivity (Wildman–Crippen MR) is 98.5 cm³/mol. The number of likely N-dealkylation sites (tertiary alicyclic amines) is 1. The smallest absolute Gasteiger partial charge is 0.326 e. The van der Waals surface area contributed by atoms with Crippen molar-refractivity contribution in [3.63, 3.8) is 0 Å². The number of nitrogens with one attached hydrogen (secondary N) is 1. The minimum Gasteiger partial charge on any atom is -0.341 e. The maximum atomic E-state index is 13.0. The van der Waals surface area contributed by atoms with Gasteiger partial charge in [0.05, 0.1) is 17.1 Å². The largest absolute Gasteiger partial charge is 0.341 e. The molecule has 2 heterocycles. The van der Waals surface area contributed by atoms with Gasteiger partial charge in [-0.2, -0.15) is 5.26 Å². The molecule has 1 aromatic heterocycles. The van der Waals surface area contributed by atoms with Crippen LogP contribution in [0.15, 0.2) is 29.1 Å². The summed E-state index contributed by atoms with van der Waals surface area (Å²) in [5.74, 6) is 0.00410. The first-order chi connectivity index (χ1) is 12.6. The lowest BCUT2D eigenvalue weighted by Crippen LogP contribution is -2.48. The van der Waals surface area contributed by atoms with E-state index in [4.69, 9.17) is 0 Å². The number of benzene rings is 1. The van der Waals surface area contributed by atoms with Gasteiger partial charge in [0.1, 0.15) is 5.41 Å². The molecular weight excluding hydrogens is 328 g/mol. The molecule has 0 bridgehead atoms. The zero-order valence-electron chi connectivity index (χ0n) is 14.9. The molecule has 0 unspecified atom stereocenters. The van der Waals surface area contributed by atoms with Gasteiger partial charge in [-0.15, -0.1) is 0 Å². The molecule has 26 heavy (non-hydrogen) atoms. The number of aromatic nitrogens is 2. The normalized spacial score (nSPS) is 20.8. The van der Waals surface area contributed by atoms with Crippen molar-refractivity contribution in [3.05, 3.63) is 34.7 Å². The maximum Gasteiger partial charge on any atom is 0.326 e. The van der Waals surface area contributed by atoms with Crippen LogP contribution in [0.3, 0.4) is 0 Å². The number of fused-ring (bicyclic) bond motifs is 1. The van der Waals surface area contributed by atoms with Crippen molar-refractivity contribution in [2.45, 2.75) is 51.0 Å². The van der Waals surface area contributed by atoms with Gasteiger partial charge in [0.25, 0.3) is 0 Å². The van der Waals surface area contributed by atoms with E-state index in [2.05, 4.69) is 11.1 Å². The van der Waals surface area contributed by atoms with E-state index < -0.39 is 5.41 Å². The van der Waals surface area contributed by atoms with Crippen molar-refractivity contribution in [2.75, 3.05) is 13.1 Å². The van der Waals surface area contributed by atoms with Gasteiger partial charge in [0, 0.05) is 19.1 Å². The highest BCUT2D eigenvalue weighted by Gasteiger charge is 2.43. The van der Waals surface area contributed by atoms with E-state index in [9.17, 15) is 14.9 Å². The molecule has 136 valence electrons. The fourth-order valence-corrected chi connectivity index (χ4v) is 4.60. The SMILES string of the molecule is N#CC1(C(=O)N2CCC(n3c(=O)[nH]c4ccccc43)CC2)CCCCC1. The fraction of sp³-hybridized carbons (Fsp3) is 0.550. The number of carbonyl (C=O) groups is 1. The zero-order valence-corrected chi connectivity index (χ0v) is 14.9. The van der Waals surface area contributed by atoms with Crippen LogP contribution in [0.1, 0.15) is 51.0 Å². The number of aromatic amines is 1. The topological polar surface area (TPSA) is 81.9 Å². The Hall–Kier alpha value is -2.55. The molecule has 1 N–H and O–H groups in total. The monoisotopic (exact) mass is 352 g/mol. The van der Waals surface area contributed by atoms with Crippen LogP contribution in [0.2, 0.25) is 0 Å². The molecule has 0 radical (unpaired) electrons. The number of H-pyrrole nitrogens is 1. The summed E-state index contributed by atoms with van der Waals surface area (Å²) in [4.78, 5) is 30.2. The third kappa shape index (κ3) is 2.72. The highest BCUT2D eigenvalue weighted by Crippen LogP contribution is 2.38. The van der Waals surface area contributed by atoms with Crippen molar-refractivity contribution < 1.29 is 4.79 Å². The van der Waals surface area contributed by atoms with Gasteiger partial charge < -0.3 is 9.88 Å². The minimum absolute atomic E-state index is 0.00410. The highest BCUT2D eigenvalue weighted by atomic mass is 16.2. The maximum absolute atomic E-state index is 13.0. The molecule has 0 atom stereocenters. The Morgan fingerprint density at radius 1 is 1.15 bits per heavy atom. The first-order valence-electron chi connectivity index (χ1n) is 9.54. The predicted octanol–water partition coefficient (Wildman–Crippen LogP) is 2.97. The van der Waals surface area contributed by atoms with Crippen LogP contribution >= 0.6 is 0 Å². The number of carbonyl (C=O) groups excluding carboxylic acids is 1. The number of nitrogens with zero attached hydrogens (tertiary/aromatic N) is 3. The average molecular weight is 352 g/mol. The first kappa shape index (κ1) is 16.9. The van der Waals surface area contributed by atoms with E-state index in [1.54, 1.807) is 0 Å². The minimum atomic E-state index is -0.817. The molecule has 6 heteroatoms. The Labute approximate surface area is 152 Å². The van der Waals surface area contributed by atoms with E-state index in [-0.39, 0.29) is 17.6 Å². The quantitative estimate of drug-likeness (QED) is 0.902. The van der Waals surface area contributed by atoms with Gasteiger partial charge in [0.15, 0.2) is 0 Å².